The Hall–Kier alpha value is -3.11. The van der Waals surface area contributed by atoms with Crippen LogP contribution in [0.3, 0.4) is 0 Å². The predicted molar refractivity (Wildman–Crippen MR) is 101 cm³/mol. The number of ether oxygens (including phenoxy) is 1. The lowest BCUT2D eigenvalue weighted by Gasteiger charge is -2.28. The molecule has 1 fully saturated rings. The highest BCUT2D eigenvalue weighted by atomic mass is 35.5. The zero-order valence-electron chi connectivity index (χ0n) is 14.9. The Morgan fingerprint density at radius 1 is 1.07 bits per heavy atom. The Kier molecular flexibility index (Phi) is 4.14. The minimum Gasteiger partial charge on any atom is -0.378 e. The van der Waals surface area contributed by atoms with Crippen molar-refractivity contribution in [3.05, 3.63) is 35.4 Å². The molecule has 0 aromatic carbocycles. The number of aromatic nitrogens is 7. The maximum Gasteiger partial charge on any atom is 0.276 e. The first-order chi connectivity index (χ1) is 13.7. The number of anilines is 1. The molecule has 0 saturated carbocycles. The van der Waals surface area contributed by atoms with Crippen LogP contribution in [0.4, 0.5) is 5.82 Å². The fourth-order valence-corrected chi connectivity index (χ4v) is 3.27. The van der Waals surface area contributed by atoms with Gasteiger partial charge in [-0.1, -0.05) is 16.8 Å². The molecule has 1 aliphatic rings. The fraction of sp³-hybridized carbons (Fsp3) is 0.294. The normalized spacial score (nSPS) is 14.7. The van der Waals surface area contributed by atoms with E-state index < -0.39 is 0 Å². The van der Waals surface area contributed by atoms with Crippen LogP contribution >= 0.6 is 11.6 Å². The maximum atomic E-state index is 6.57. The first-order valence-corrected chi connectivity index (χ1v) is 9.08. The van der Waals surface area contributed by atoms with Crippen molar-refractivity contribution in [1.82, 2.24) is 34.9 Å². The van der Waals surface area contributed by atoms with Crippen LogP contribution in [0.25, 0.3) is 28.6 Å². The molecule has 5 rings (SSSR count). The Labute approximate surface area is 164 Å². The topological polar surface area (TPSA) is 108 Å². The number of fused-ring (bicyclic) bond motifs is 1. The van der Waals surface area contributed by atoms with E-state index in [2.05, 4.69) is 25.1 Å². The predicted octanol–water partition coefficient (Wildman–Crippen LogP) is 2.06. The highest BCUT2D eigenvalue weighted by molar-refractivity contribution is 6.35. The first kappa shape index (κ1) is 17.0. The van der Waals surface area contributed by atoms with Gasteiger partial charge in [-0.2, -0.15) is 15.1 Å². The summed E-state index contributed by atoms with van der Waals surface area (Å²) < 4.78 is 12.3. The standard InChI is InChI=1S/C17H15ClN8O2/c1-10-20-16(28-24-10)12-9-11(18)13-14(21-12)15(25-5-7-27-8-6-25)23-17(22-13)26-4-2-3-19-26/h2-4,9H,5-8H2,1H3. The van der Waals surface area contributed by atoms with Crippen molar-refractivity contribution in [3.8, 4) is 17.5 Å². The van der Waals surface area contributed by atoms with E-state index in [1.165, 1.54) is 0 Å². The summed E-state index contributed by atoms with van der Waals surface area (Å²) in [5, 5.41) is 8.47. The quantitative estimate of drug-likeness (QED) is 0.512. The number of pyridine rings is 1. The van der Waals surface area contributed by atoms with Crippen molar-refractivity contribution in [2.75, 3.05) is 31.2 Å². The molecule has 142 valence electrons. The van der Waals surface area contributed by atoms with Gasteiger partial charge in [-0.05, 0) is 19.1 Å². The molecule has 5 heterocycles. The summed E-state index contributed by atoms with van der Waals surface area (Å²) in [6.07, 6.45) is 3.45. The van der Waals surface area contributed by atoms with Gasteiger partial charge in [0.15, 0.2) is 11.6 Å². The maximum absolute atomic E-state index is 6.57. The molecule has 0 unspecified atom stereocenters. The number of halogens is 1. The second kappa shape index (κ2) is 6.80. The number of aryl methyl sites for hydroxylation is 1. The van der Waals surface area contributed by atoms with Crippen LogP contribution in [0.15, 0.2) is 29.0 Å². The molecule has 0 N–H and O–H groups in total. The van der Waals surface area contributed by atoms with E-state index in [-0.39, 0.29) is 0 Å². The van der Waals surface area contributed by atoms with Crippen molar-refractivity contribution in [1.29, 1.82) is 0 Å². The highest BCUT2D eigenvalue weighted by Gasteiger charge is 2.22. The Balaban J connectivity index is 1.74. The summed E-state index contributed by atoms with van der Waals surface area (Å²) >= 11 is 6.57. The minimum atomic E-state index is 0.297. The monoisotopic (exact) mass is 398 g/mol. The fourth-order valence-electron chi connectivity index (χ4n) is 3.04. The van der Waals surface area contributed by atoms with Gasteiger partial charge in [-0.25, -0.2) is 14.6 Å². The molecular formula is C17H15ClN8O2. The van der Waals surface area contributed by atoms with Gasteiger partial charge >= 0.3 is 0 Å². The van der Waals surface area contributed by atoms with Gasteiger partial charge in [0.05, 0.1) is 18.2 Å². The number of hydrogen-bond donors (Lipinski definition) is 0. The van der Waals surface area contributed by atoms with Gasteiger partial charge in [0, 0.05) is 25.5 Å². The summed E-state index contributed by atoms with van der Waals surface area (Å²) in [7, 11) is 0. The second-order valence-electron chi connectivity index (χ2n) is 6.23. The van der Waals surface area contributed by atoms with E-state index in [1.807, 2.05) is 6.07 Å². The summed E-state index contributed by atoms with van der Waals surface area (Å²) in [6, 6.07) is 3.47. The highest BCUT2D eigenvalue weighted by Crippen LogP contribution is 2.32. The average Bonchev–Trinajstić information content (AvgIpc) is 3.40. The Morgan fingerprint density at radius 2 is 1.93 bits per heavy atom. The molecule has 1 aliphatic heterocycles. The SMILES string of the molecule is Cc1noc(-c2cc(Cl)c3nc(-n4cccn4)nc(N4CCOCC4)c3n2)n1. The molecule has 1 saturated heterocycles. The van der Waals surface area contributed by atoms with E-state index in [0.29, 0.717) is 71.5 Å². The zero-order valence-corrected chi connectivity index (χ0v) is 15.7. The average molecular weight is 399 g/mol. The van der Waals surface area contributed by atoms with Crippen LogP contribution < -0.4 is 4.90 Å². The molecular weight excluding hydrogens is 384 g/mol. The number of morpholine rings is 1. The van der Waals surface area contributed by atoms with Gasteiger partial charge in [-0.15, -0.1) is 0 Å². The molecule has 4 aromatic rings. The van der Waals surface area contributed by atoms with Gasteiger partial charge in [-0.3, -0.25) is 0 Å². The lowest BCUT2D eigenvalue weighted by atomic mass is 10.2. The van der Waals surface area contributed by atoms with Crippen LogP contribution in [0.1, 0.15) is 5.82 Å². The molecule has 10 nitrogen and oxygen atoms in total. The van der Waals surface area contributed by atoms with Crippen LogP contribution in [-0.2, 0) is 4.74 Å². The lowest BCUT2D eigenvalue weighted by molar-refractivity contribution is 0.122. The van der Waals surface area contributed by atoms with Crippen molar-refractivity contribution in [2.24, 2.45) is 0 Å². The Morgan fingerprint density at radius 3 is 2.64 bits per heavy atom. The molecule has 0 radical (unpaired) electrons. The molecule has 11 heteroatoms. The summed E-state index contributed by atoms with van der Waals surface area (Å²) in [6.45, 7) is 4.34. The van der Waals surface area contributed by atoms with E-state index in [0.717, 1.165) is 0 Å². The van der Waals surface area contributed by atoms with E-state index in [9.17, 15) is 0 Å². The van der Waals surface area contributed by atoms with E-state index >= 15 is 0 Å². The van der Waals surface area contributed by atoms with E-state index in [4.69, 9.17) is 30.8 Å². The number of hydrogen-bond acceptors (Lipinski definition) is 9. The molecule has 0 atom stereocenters. The van der Waals surface area contributed by atoms with Gasteiger partial charge in [0.1, 0.15) is 16.7 Å². The molecule has 4 aromatic heterocycles. The zero-order chi connectivity index (χ0) is 19.1. The second-order valence-corrected chi connectivity index (χ2v) is 6.64. The molecule has 0 bridgehead atoms. The molecule has 28 heavy (non-hydrogen) atoms. The third-order valence-corrected chi connectivity index (χ3v) is 4.63. The smallest absolute Gasteiger partial charge is 0.276 e. The van der Waals surface area contributed by atoms with Gasteiger partial charge in [0.25, 0.3) is 11.8 Å². The minimum absolute atomic E-state index is 0.297. The molecule has 0 aliphatic carbocycles. The van der Waals surface area contributed by atoms with Crippen molar-refractivity contribution < 1.29 is 9.26 Å². The van der Waals surface area contributed by atoms with Crippen LogP contribution in [-0.4, -0.2) is 61.2 Å². The Bertz CT molecular complexity index is 1140. The van der Waals surface area contributed by atoms with Crippen LogP contribution in [0.5, 0.6) is 0 Å². The largest absolute Gasteiger partial charge is 0.378 e. The molecule has 0 amide bonds. The summed E-state index contributed by atoms with van der Waals surface area (Å²) in [4.78, 5) is 20.3. The third kappa shape index (κ3) is 2.96. The lowest BCUT2D eigenvalue weighted by Crippen LogP contribution is -2.37. The number of rotatable bonds is 3. The first-order valence-electron chi connectivity index (χ1n) is 8.71. The van der Waals surface area contributed by atoms with Gasteiger partial charge in [0.2, 0.25) is 0 Å². The summed E-state index contributed by atoms with van der Waals surface area (Å²) in [5.74, 6) is 1.90. The summed E-state index contributed by atoms with van der Waals surface area (Å²) in [5.41, 5.74) is 1.57. The third-order valence-electron chi connectivity index (χ3n) is 4.34. The van der Waals surface area contributed by atoms with Crippen LogP contribution in [0.2, 0.25) is 5.02 Å². The van der Waals surface area contributed by atoms with Crippen molar-refractivity contribution >= 4 is 28.5 Å². The van der Waals surface area contributed by atoms with E-state index in [1.54, 1.807) is 30.1 Å². The van der Waals surface area contributed by atoms with Gasteiger partial charge < -0.3 is 14.2 Å². The van der Waals surface area contributed by atoms with Crippen molar-refractivity contribution in [2.45, 2.75) is 6.92 Å². The van der Waals surface area contributed by atoms with Crippen molar-refractivity contribution in [3.63, 3.8) is 0 Å². The number of nitrogens with zero attached hydrogens (tertiary/aromatic N) is 8. The van der Waals surface area contributed by atoms with Crippen LogP contribution in [0, 0.1) is 6.92 Å². The molecule has 0 spiro atoms.